The fourth-order valence-corrected chi connectivity index (χ4v) is 2.40. The molecule has 1 aliphatic rings. The minimum absolute atomic E-state index is 0.0163. The predicted molar refractivity (Wildman–Crippen MR) is 70.8 cm³/mol. The van der Waals surface area contributed by atoms with E-state index >= 15 is 0 Å². The predicted octanol–water partition coefficient (Wildman–Crippen LogP) is 2.04. The lowest BCUT2D eigenvalue weighted by molar-refractivity contribution is -0.384. The number of benzene rings is 1. The van der Waals surface area contributed by atoms with Crippen LogP contribution in [0.2, 0.25) is 5.02 Å². The number of hydrogen-bond acceptors (Lipinski definition) is 4. The molecular weight excluding hydrogens is 254 g/mol. The Morgan fingerprint density at radius 1 is 1.61 bits per heavy atom. The third-order valence-corrected chi connectivity index (χ3v) is 3.39. The van der Waals surface area contributed by atoms with Gasteiger partial charge in [0.15, 0.2) is 0 Å². The van der Waals surface area contributed by atoms with Crippen molar-refractivity contribution in [1.29, 1.82) is 0 Å². The zero-order chi connectivity index (χ0) is 13.1. The molecule has 2 rings (SSSR count). The molecule has 1 N–H and O–H groups in total. The molecule has 0 aliphatic carbocycles. The summed E-state index contributed by atoms with van der Waals surface area (Å²) >= 11 is 5.79. The monoisotopic (exact) mass is 269 g/mol. The number of hydrogen-bond donors (Lipinski definition) is 1. The number of nitro groups is 1. The molecule has 0 amide bonds. The van der Waals surface area contributed by atoms with Gasteiger partial charge in [-0.25, -0.2) is 0 Å². The Bertz CT molecular complexity index is 453. The van der Waals surface area contributed by atoms with Crippen molar-refractivity contribution < 1.29 is 4.92 Å². The maximum absolute atomic E-state index is 10.8. The van der Waals surface area contributed by atoms with Crippen LogP contribution in [0.25, 0.3) is 0 Å². The lowest BCUT2D eigenvalue weighted by Gasteiger charge is -2.31. The van der Waals surface area contributed by atoms with Crippen LogP contribution in [-0.2, 0) is 6.54 Å². The second-order valence-electron chi connectivity index (χ2n) is 4.63. The number of piperazine rings is 1. The second kappa shape index (κ2) is 5.65. The molecule has 1 aromatic rings. The van der Waals surface area contributed by atoms with Gasteiger partial charge in [0.05, 0.1) is 4.92 Å². The van der Waals surface area contributed by atoms with Gasteiger partial charge in [-0.15, -0.1) is 0 Å². The van der Waals surface area contributed by atoms with E-state index in [4.69, 9.17) is 11.6 Å². The van der Waals surface area contributed by atoms with E-state index in [1.54, 1.807) is 12.1 Å². The molecule has 6 heteroatoms. The first-order chi connectivity index (χ1) is 8.56. The highest BCUT2D eigenvalue weighted by Crippen LogP contribution is 2.25. The number of nitrogens with zero attached hydrogens (tertiary/aromatic N) is 2. The number of rotatable bonds is 3. The maximum Gasteiger partial charge on any atom is 0.288 e. The van der Waals surface area contributed by atoms with Crippen LogP contribution in [0.15, 0.2) is 18.2 Å². The molecule has 1 fully saturated rings. The Morgan fingerprint density at radius 2 is 2.39 bits per heavy atom. The SMILES string of the molecule is C[C@@H]1CN(Cc2ccc(Cl)c([N+](=O)[O-])c2)CCN1. The van der Waals surface area contributed by atoms with Crippen molar-refractivity contribution >= 4 is 17.3 Å². The summed E-state index contributed by atoms with van der Waals surface area (Å²) in [6.45, 7) is 5.73. The smallest absolute Gasteiger partial charge is 0.288 e. The molecule has 0 saturated carbocycles. The van der Waals surface area contributed by atoms with Crippen LogP contribution in [0, 0.1) is 10.1 Å². The van der Waals surface area contributed by atoms with Crippen molar-refractivity contribution in [2.24, 2.45) is 0 Å². The largest absolute Gasteiger partial charge is 0.312 e. The van der Waals surface area contributed by atoms with Crippen molar-refractivity contribution in [1.82, 2.24) is 10.2 Å². The van der Waals surface area contributed by atoms with E-state index in [0.29, 0.717) is 6.04 Å². The molecule has 1 aromatic carbocycles. The molecule has 1 heterocycles. The Labute approximate surface area is 111 Å². The molecule has 0 aromatic heterocycles. The van der Waals surface area contributed by atoms with Gasteiger partial charge in [-0.2, -0.15) is 0 Å². The zero-order valence-corrected chi connectivity index (χ0v) is 11.0. The molecule has 1 atom stereocenters. The van der Waals surface area contributed by atoms with Crippen LogP contribution in [0.3, 0.4) is 0 Å². The zero-order valence-electron chi connectivity index (χ0n) is 10.2. The van der Waals surface area contributed by atoms with E-state index in [1.165, 1.54) is 0 Å². The third kappa shape index (κ3) is 3.19. The summed E-state index contributed by atoms with van der Waals surface area (Å²) in [4.78, 5) is 12.7. The summed E-state index contributed by atoms with van der Waals surface area (Å²) in [6, 6.07) is 5.47. The first kappa shape index (κ1) is 13.3. The van der Waals surface area contributed by atoms with Crippen molar-refractivity contribution in [3.8, 4) is 0 Å². The molecule has 0 bridgehead atoms. The second-order valence-corrected chi connectivity index (χ2v) is 5.04. The van der Waals surface area contributed by atoms with Gasteiger partial charge in [0.25, 0.3) is 5.69 Å². The first-order valence-electron chi connectivity index (χ1n) is 5.95. The summed E-state index contributed by atoms with van der Waals surface area (Å²) in [5.41, 5.74) is 0.914. The molecule has 0 spiro atoms. The molecule has 0 unspecified atom stereocenters. The van der Waals surface area contributed by atoms with Crippen molar-refractivity contribution in [2.45, 2.75) is 19.5 Å². The van der Waals surface area contributed by atoms with Gasteiger partial charge in [-0.05, 0) is 18.6 Å². The maximum atomic E-state index is 10.8. The van der Waals surface area contributed by atoms with Gasteiger partial charge in [0, 0.05) is 38.3 Å². The number of nitro benzene ring substituents is 1. The van der Waals surface area contributed by atoms with Crippen LogP contribution in [-0.4, -0.2) is 35.5 Å². The lowest BCUT2D eigenvalue weighted by atomic mass is 10.1. The summed E-state index contributed by atoms with van der Waals surface area (Å²) in [6.07, 6.45) is 0. The molecular formula is C12H16ClN3O2. The average Bonchev–Trinajstić information content (AvgIpc) is 2.31. The van der Waals surface area contributed by atoms with Crippen LogP contribution in [0.5, 0.6) is 0 Å². The number of nitrogens with one attached hydrogen (secondary N) is 1. The van der Waals surface area contributed by atoms with E-state index in [1.807, 2.05) is 6.07 Å². The van der Waals surface area contributed by atoms with E-state index in [2.05, 4.69) is 17.1 Å². The molecule has 0 radical (unpaired) electrons. The van der Waals surface area contributed by atoms with Crippen LogP contribution >= 0.6 is 11.6 Å². The first-order valence-corrected chi connectivity index (χ1v) is 6.32. The van der Waals surface area contributed by atoms with Crippen LogP contribution in [0.1, 0.15) is 12.5 Å². The summed E-state index contributed by atoms with van der Waals surface area (Å²) in [5, 5.41) is 14.4. The summed E-state index contributed by atoms with van der Waals surface area (Å²) in [7, 11) is 0. The Kier molecular flexibility index (Phi) is 4.16. The van der Waals surface area contributed by atoms with Gasteiger partial charge >= 0.3 is 0 Å². The van der Waals surface area contributed by atoms with Crippen LogP contribution < -0.4 is 5.32 Å². The van der Waals surface area contributed by atoms with Gasteiger partial charge in [-0.3, -0.25) is 15.0 Å². The Balaban J connectivity index is 2.09. The highest BCUT2D eigenvalue weighted by Gasteiger charge is 2.18. The highest BCUT2D eigenvalue weighted by molar-refractivity contribution is 6.32. The minimum atomic E-state index is -0.438. The van der Waals surface area contributed by atoms with Gasteiger partial charge < -0.3 is 5.32 Å². The van der Waals surface area contributed by atoms with Crippen molar-refractivity contribution in [3.63, 3.8) is 0 Å². The fraction of sp³-hybridized carbons (Fsp3) is 0.500. The van der Waals surface area contributed by atoms with E-state index in [0.717, 1.165) is 31.7 Å². The van der Waals surface area contributed by atoms with Gasteiger partial charge in [0.1, 0.15) is 5.02 Å². The standard InChI is InChI=1S/C12H16ClN3O2/c1-9-7-15(5-4-14-9)8-10-2-3-11(13)12(6-10)16(17)18/h2-3,6,9,14H,4-5,7-8H2,1H3/t9-/m1/s1. The van der Waals surface area contributed by atoms with Gasteiger partial charge in [-0.1, -0.05) is 17.7 Å². The topological polar surface area (TPSA) is 58.4 Å². The fourth-order valence-electron chi connectivity index (χ4n) is 2.21. The van der Waals surface area contributed by atoms with Crippen molar-refractivity contribution in [3.05, 3.63) is 38.9 Å². The van der Waals surface area contributed by atoms with E-state index < -0.39 is 4.92 Å². The lowest BCUT2D eigenvalue weighted by Crippen LogP contribution is -2.48. The number of halogens is 1. The quantitative estimate of drug-likeness (QED) is 0.674. The minimum Gasteiger partial charge on any atom is -0.312 e. The molecule has 5 nitrogen and oxygen atoms in total. The highest BCUT2D eigenvalue weighted by atomic mass is 35.5. The molecule has 1 aliphatic heterocycles. The summed E-state index contributed by atoms with van der Waals surface area (Å²) < 4.78 is 0. The van der Waals surface area contributed by atoms with E-state index in [-0.39, 0.29) is 10.7 Å². The third-order valence-electron chi connectivity index (χ3n) is 3.07. The van der Waals surface area contributed by atoms with E-state index in [9.17, 15) is 10.1 Å². The average molecular weight is 270 g/mol. The van der Waals surface area contributed by atoms with Gasteiger partial charge in [0.2, 0.25) is 0 Å². The molecule has 18 heavy (non-hydrogen) atoms. The normalized spacial score (nSPS) is 20.9. The van der Waals surface area contributed by atoms with Crippen LogP contribution in [0.4, 0.5) is 5.69 Å². The van der Waals surface area contributed by atoms with Crippen molar-refractivity contribution in [2.75, 3.05) is 19.6 Å². The Morgan fingerprint density at radius 3 is 3.06 bits per heavy atom. The molecule has 98 valence electrons. The Hall–Kier alpha value is -1.17. The molecule has 1 saturated heterocycles. The summed E-state index contributed by atoms with van der Waals surface area (Å²) in [5.74, 6) is 0.